The lowest BCUT2D eigenvalue weighted by molar-refractivity contribution is -0.154. The van der Waals surface area contributed by atoms with E-state index in [1.165, 1.54) is 44.4 Å². The molecule has 2 N–H and O–H groups in total. The third kappa shape index (κ3) is 3.53. The van der Waals surface area contributed by atoms with Gasteiger partial charge >= 0.3 is 6.18 Å². The van der Waals surface area contributed by atoms with Gasteiger partial charge in [0.15, 0.2) is 0 Å². The van der Waals surface area contributed by atoms with Crippen molar-refractivity contribution in [3.05, 3.63) is 36.0 Å². The van der Waals surface area contributed by atoms with E-state index in [1.807, 2.05) is 0 Å². The fourth-order valence-corrected chi connectivity index (χ4v) is 4.55. The summed E-state index contributed by atoms with van der Waals surface area (Å²) >= 11 is 0. The molecule has 0 radical (unpaired) electrons. The lowest BCUT2D eigenvalue weighted by Gasteiger charge is -2.29. The predicted octanol–water partition coefficient (Wildman–Crippen LogP) is 2.85. The number of amides is 1. The fourth-order valence-electron chi connectivity index (χ4n) is 3.82. The van der Waals surface area contributed by atoms with Crippen molar-refractivity contribution in [3.63, 3.8) is 0 Å². The molecule has 0 saturated heterocycles. The van der Waals surface area contributed by atoms with Crippen molar-refractivity contribution in [1.82, 2.24) is 14.7 Å². The SMILES string of the molecule is CC[C@@H](N1C(=O)C2(CC2)c2cnc(Nc3ccc(S(=O)(=O)NC)cc3)nc21)C(F)(F)F. The highest BCUT2D eigenvalue weighted by Crippen LogP contribution is 2.58. The third-order valence-corrected chi connectivity index (χ3v) is 7.09. The van der Waals surface area contributed by atoms with E-state index in [4.69, 9.17) is 0 Å². The van der Waals surface area contributed by atoms with Crippen molar-refractivity contribution < 1.29 is 26.4 Å². The second-order valence-electron chi connectivity index (χ2n) is 7.51. The minimum Gasteiger partial charge on any atom is -0.324 e. The highest BCUT2D eigenvalue weighted by molar-refractivity contribution is 7.89. The Morgan fingerprint density at radius 2 is 1.87 bits per heavy atom. The van der Waals surface area contributed by atoms with Crippen LogP contribution in [0, 0.1) is 0 Å². The van der Waals surface area contributed by atoms with Crippen molar-refractivity contribution in [3.8, 4) is 0 Å². The minimum atomic E-state index is -4.59. The largest absolute Gasteiger partial charge is 0.409 e. The molecule has 0 unspecified atom stereocenters. The van der Waals surface area contributed by atoms with Crippen LogP contribution in [0.3, 0.4) is 0 Å². The zero-order chi connectivity index (χ0) is 22.6. The van der Waals surface area contributed by atoms with E-state index in [1.54, 1.807) is 0 Å². The van der Waals surface area contributed by atoms with Crippen LogP contribution in [-0.2, 0) is 20.2 Å². The van der Waals surface area contributed by atoms with Gasteiger partial charge < -0.3 is 5.32 Å². The van der Waals surface area contributed by atoms with Crippen LogP contribution in [0.4, 0.5) is 30.6 Å². The molecule has 1 aliphatic heterocycles. The lowest BCUT2D eigenvalue weighted by atomic mass is 10.0. The molecule has 1 spiro atoms. The van der Waals surface area contributed by atoms with E-state index in [0.717, 1.165) is 4.90 Å². The summed E-state index contributed by atoms with van der Waals surface area (Å²) in [5, 5.41) is 2.85. The molecule has 0 bridgehead atoms. The summed E-state index contributed by atoms with van der Waals surface area (Å²) in [6.45, 7) is 1.38. The molecule has 1 atom stereocenters. The van der Waals surface area contributed by atoms with Gasteiger partial charge in [0.1, 0.15) is 11.9 Å². The van der Waals surface area contributed by atoms with Crippen LogP contribution in [-0.4, -0.2) is 43.6 Å². The molecule has 166 valence electrons. The van der Waals surface area contributed by atoms with Gasteiger partial charge in [-0.2, -0.15) is 18.2 Å². The molecule has 1 fully saturated rings. The number of nitrogens with one attached hydrogen (secondary N) is 2. The monoisotopic (exact) mass is 455 g/mol. The zero-order valence-electron chi connectivity index (χ0n) is 16.7. The molecule has 12 heteroatoms. The summed E-state index contributed by atoms with van der Waals surface area (Å²) < 4.78 is 66.7. The van der Waals surface area contributed by atoms with Gasteiger partial charge in [0.2, 0.25) is 21.9 Å². The first kappa shape index (κ1) is 21.5. The summed E-state index contributed by atoms with van der Waals surface area (Å²) in [5.74, 6) is -0.603. The predicted molar refractivity (Wildman–Crippen MR) is 107 cm³/mol. The molecule has 1 saturated carbocycles. The maximum Gasteiger partial charge on any atom is 0.409 e. The van der Waals surface area contributed by atoms with Crippen LogP contribution in [0.15, 0.2) is 35.4 Å². The first-order valence-electron chi connectivity index (χ1n) is 9.62. The normalized spacial score (nSPS) is 18.2. The molecule has 4 rings (SSSR count). The number of aromatic nitrogens is 2. The Morgan fingerprint density at radius 3 is 2.39 bits per heavy atom. The molecule has 1 aliphatic carbocycles. The molecule has 31 heavy (non-hydrogen) atoms. The number of hydrogen-bond donors (Lipinski definition) is 2. The van der Waals surface area contributed by atoms with Gasteiger partial charge in [-0.25, -0.2) is 18.1 Å². The number of alkyl halides is 3. The fraction of sp³-hybridized carbons (Fsp3) is 0.421. The van der Waals surface area contributed by atoms with Gasteiger partial charge in [-0.1, -0.05) is 6.92 Å². The number of sulfonamides is 1. The van der Waals surface area contributed by atoms with Crippen molar-refractivity contribution in [2.45, 2.75) is 48.7 Å². The van der Waals surface area contributed by atoms with Crippen LogP contribution >= 0.6 is 0 Å². The van der Waals surface area contributed by atoms with Gasteiger partial charge in [0.25, 0.3) is 0 Å². The van der Waals surface area contributed by atoms with E-state index < -0.39 is 33.6 Å². The zero-order valence-corrected chi connectivity index (χ0v) is 17.5. The Labute approximate surface area is 176 Å². The highest BCUT2D eigenvalue weighted by Gasteiger charge is 2.63. The average Bonchev–Trinajstić information content (AvgIpc) is 3.49. The number of anilines is 3. The minimum absolute atomic E-state index is 0.00972. The van der Waals surface area contributed by atoms with Gasteiger partial charge in [0, 0.05) is 17.4 Å². The molecule has 8 nitrogen and oxygen atoms in total. The molecule has 1 amide bonds. The standard InChI is InChI=1S/C19H20F3N5O3S/c1-3-14(19(20,21)22)27-15-13(18(8-9-18)16(27)28)10-24-17(26-15)25-11-4-6-12(7-5-11)31(29,30)23-2/h4-7,10,14,23H,3,8-9H2,1-2H3,(H,24,25,26)/t14-/m1/s1. The first-order valence-corrected chi connectivity index (χ1v) is 11.1. The number of hydrogen-bond acceptors (Lipinski definition) is 6. The second-order valence-corrected chi connectivity index (χ2v) is 9.40. The Morgan fingerprint density at radius 1 is 1.23 bits per heavy atom. The molecule has 2 aliphatic rings. The molecule has 1 aromatic carbocycles. The molecular formula is C19H20F3N5O3S. The topological polar surface area (TPSA) is 104 Å². The average molecular weight is 455 g/mol. The number of rotatable bonds is 6. The number of carbonyl (C=O) groups excluding carboxylic acids is 1. The Balaban J connectivity index is 1.67. The maximum absolute atomic E-state index is 13.6. The van der Waals surface area contributed by atoms with E-state index in [9.17, 15) is 26.4 Å². The van der Waals surface area contributed by atoms with Gasteiger partial charge in [-0.05, 0) is 50.6 Å². The highest BCUT2D eigenvalue weighted by atomic mass is 32.2. The van der Waals surface area contributed by atoms with Crippen LogP contribution < -0.4 is 14.9 Å². The van der Waals surface area contributed by atoms with Crippen LogP contribution in [0.2, 0.25) is 0 Å². The van der Waals surface area contributed by atoms with Crippen molar-refractivity contribution in [1.29, 1.82) is 0 Å². The molecular weight excluding hydrogens is 435 g/mol. The molecule has 1 aromatic heterocycles. The number of fused-ring (bicyclic) bond motifs is 2. The van der Waals surface area contributed by atoms with Crippen LogP contribution in [0.25, 0.3) is 0 Å². The lowest BCUT2D eigenvalue weighted by Crippen LogP contribution is -2.49. The number of carbonyl (C=O) groups is 1. The quantitative estimate of drug-likeness (QED) is 0.694. The summed E-state index contributed by atoms with van der Waals surface area (Å²) in [6, 6.07) is 3.74. The maximum atomic E-state index is 13.6. The summed E-state index contributed by atoms with van der Waals surface area (Å²) in [7, 11) is -2.31. The smallest absolute Gasteiger partial charge is 0.324 e. The van der Waals surface area contributed by atoms with Crippen molar-refractivity contribution in [2.24, 2.45) is 0 Å². The summed E-state index contributed by atoms with van der Waals surface area (Å²) in [5.41, 5.74) is -0.0912. The van der Waals surface area contributed by atoms with E-state index in [0.29, 0.717) is 24.1 Å². The van der Waals surface area contributed by atoms with E-state index in [2.05, 4.69) is 20.0 Å². The Kier molecular flexibility index (Phi) is 4.97. The van der Waals surface area contributed by atoms with Crippen LogP contribution in [0.1, 0.15) is 31.7 Å². The number of benzene rings is 1. The number of nitrogens with zero attached hydrogens (tertiary/aromatic N) is 3. The number of halogens is 3. The van der Waals surface area contributed by atoms with Crippen molar-refractivity contribution >= 4 is 33.4 Å². The van der Waals surface area contributed by atoms with Gasteiger partial charge in [-0.3, -0.25) is 9.69 Å². The third-order valence-electron chi connectivity index (χ3n) is 5.66. The van der Waals surface area contributed by atoms with Crippen molar-refractivity contribution in [2.75, 3.05) is 17.3 Å². The van der Waals surface area contributed by atoms with Gasteiger partial charge in [-0.15, -0.1) is 0 Å². The Bertz CT molecular complexity index is 1130. The summed E-state index contributed by atoms with van der Waals surface area (Å²) in [4.78, 5) is 22.1. The summed E-state index contributed by atoms with van der Waals surface area (Å²) in [6.07, 6.45) is -2.53. The molecule has 2 aromatic rings. The van der Waals surface area contributed by atoms with E-state index in [-0.39, 0.29) is 23.1 Å². The van der Waals surface area contributed by atoms with Crippen LogP contribution in [0.5, 0.6) is 0 Å². The molecule has 2 heterocycles. The van der Waals surface area contributed by atoms with E-state index >= 15 is 0 Å². The first-order chi connectivity index (χ1) is 14.5. The Hall–Kier alpha value is -2.73. The van der Waals surface area contributed by atoms with Gasteiger partial charge in [0.05, 0.1) is 10.3 Å². The second kappa shape index (κ2) is 7.16.